The van der Waals surface area contributed by atoms with Gasteiger partial charge in [0, 0.05) is 0 Å². The number of methoxy groups -OCH3 is 1. The zero-order valence-corrected chi connectivity index (χ0v) is 10.9. The van der Waals surface area contributed by atoms with Gasteiger partial charge >= 0.3 is 5.97 Å². The molecule has 0 heterocycles. The maximum absolute atomic E-state index is 11.7. The molecule has 94 valence electrons. The van der Waals surface area contributed by atoms with E-state index in [1.54, 1.807) is 13.8 Å². The van der Waals surface area contributed by atoms with Crippen molar-refractivity contribution >= 4 is 5.97 Å². The summed E-state index contributed by atoms with van der Waals surface area (Å²) in [7, 11) is 1.38. The molecule has 0 bridgehead atoms. The SMILES string of the molecule is CCC1CCC(O)(C(C)(C)C(=O)OC)CC1. The van der Waals surface area contributed by atoms with Gasteiger partial charge in [0.25, 0.3) is 0 Å². The Labute approximate surface area is 98.2 Å². The van der Waals surface area contributed by atoms with E-state index in [0.717, 1.165) is 19.3 Å². The Kier molecular flexibility index (Phi) is 4.00. The molecule has 0 aliphatic heterocycles. The van der Waals surface area contributed by atoms with Gasteiger partial charge in [0.05, 0.1) is 18.1 Å². The van der Waals surface area contributed by atoms with Crippen molar-refractivity contribution in [3.63, 3.8) is 0 Å². The zero-order chi connectivity index (χ0) is 12.4. The minimum Gasteiger partial charge on any atom is -0.469 e. The minimum absolute atomic E-state index is 0.315. The van der Waals surface area contributed by atoms with Gasteiger partial charge in [-0.1, -0.05) is 13.3 Å². The van der Waals surface area contributed by atoms with Crippen molar-refractivity contribution in [3.8, 4) is 0 Å². The van der Waals surface area contributed by atoms with Crippen molar-refractivity contribution in [2.75, 3.05) is 7.11 Å². The lowest BCUT2D eigenvalue weighted by Gasteiger charge is -2.44. The maximum atomic E-state index is 11.7. The second-order valence-electron chi connectivity index (χ2n) is 5.50. The van der Waals surface area contributed by atoms with Crippen LogP contribution in [0.2, 0.25) is 0 Å². The third-order valence-corrected chi connectivity index (χ3v) is 4.37. The summed E-state index contributed by atoms with van der Waals surface area (Å²) in [4.78, 5) is 11.7. The van der Waals surface area contributed by atoms with Crippen LogP contribution in [0.4, 0.5) is 0 Å². The van der Waals surface area contributed by atoms with Crippen LogP contribution in [-0.4, -0.2) is 23.8 Å². The Morgan fingerprint density at radius 1 is 1.44 bits per heavy atom. The number of ether oxygens (including phenoxy) is 1. The van der Waals surface area contributed by atoms with Crippen LogP contribution in [-0.2, 0) is 9.53 Å². The first-order valence-corrected chi connectivity index (χ1v) is 6.18. The van der Waals surface area contributed by atoms with Gasteiger partial charge in [-0.3, -0.25) is 4.79 Å². The van der Waals surface area contributed by atoms with E-state index in [4.69, 9.17) is 4.74 Å². The van der Waals surface area contributed by atoms with Crippen molar-refractivity contribution < 1.29 is 14.6 Å². The molecule has 1 fully saturated rings. The highest BCUT2D eigenvalue weighted by Gasteiger charge is 2.50. The van der Waals surface area contributed by atoms with Crippen molar-refractivity contribution in [1.82, 2.24) is 0 Å². The van der Waals surface area contributed by atoms with Crippen molar-refractivity contribution in [1.29, 1.82) is 0 Å². The molecule has 0 aromatic rings. The van der Waals surface area contributed by atoms with Crippen LogP contribution in [0.1, 0.15) is 52.9 Å². The second-order valence-corrected chi connectivity index (χ2v) is 5.50. The first kappa shape index (κ1) is 13.5. The van der Waals surface area contributed by atoms with E-state index in [1.807, 2.05) is 0 Å². The lowest BCUT2D eigenvalue weighted by atomic mass is 9.65. The molecular formula is C13H24O3. The number of hydrogen-bond acceptors (Lipinski definition) is 3. The van der Waals surface area contributed by atoms with E-state index in [2.05, 4.69) is 6.92 Å². The molecule has 0 amide bonds. The molecule has 0 spiro atoms. The fourth-order valence-electron chi connectivity index (χ4n) is 2.63. The van der Waals surface area contributed by atoms with E-state index in [9.17, 15) is 9.90 Å². The fraction of sp³-hybridized carbons (Fsp3) is 0.923. The van der Waals surface area contributed by atoms with E-state index in [-0.39, 0.29) is 5.97 Å². The summed E-state index contributed by atoms with van der Waals surface area (Å²) in [5.74, 6) is 0.388. The van der Waals surface area contributed by atoms with Gasteiger partial charge in [-0.25, -0.2) is 0 Å². The van der Waals surface area contributed by atoms with E-state index in [1.165, 1.54) is 7.11 Å². The molecule has 0 radical (unpaired) electrons. The third-order valence-electron chi connectivity index (χ3n) is 4.37. The number of carbonyl (C=O) groups excluding carboxylic acids is 1. The summed E-state index contributed by atoms with van der Waals surface area (Å²) in [5.41, 5.74) is -1.70. The molecule has 3 nitrogen and oxygen atoms in total. The predicted octanol–water partition coefficient (Wildman–Crippen LogP) is 2.52. The molecule has 0 aromatic heterocycles. The monoisotopic (exact) mass is 228 g/mol. The number of carbonyl (C=O) groups is 1. The van der Waals surface area contributed by atoms with E-state index < -0.39 is 11.0 Å². The van der Waals surface area contributed by atoms with Gasteiger partial charge in [-0.05, 0) is 45.4 Å². The number of rotatable bonds is 3. The molecule has 1 aliphatic carbocycles. The molecule has 1 rings (SSSR count). The normalized spacial score (nSPS) is 31.2. The third kappa shape index (κ3) is 2.24. The summed E-state index contributed by atoms with van der Waals surface area (Å²) in [6.45, 7) is 5.75. The lowest BCUT2D eigenvalue weighted by molar-refractivity contribution is -0.174. The highest BCUT2D eigenvalue weighted by atomic mass is 16.5. The van der Waals surface area contributed by atoms with Gasteiger partial charge in [0.2, 0.25) is 0 Å². The summed E-state index contributed by atoms with van der Waals surface area (Å²) in [6.07, 6.45) is 4.58. The minimum atomic E-state index is -0.897. The average molecular weight is 228 g/mol. The first-order valence-electron chi connectivity index (χ1n) is 6.18. The smallest absolute Gasteiger partial charge is 0.314 e. The Morgan fingerprint density at radius 2 is 1.94 bits per heavy atom. The van der Waals surface area contributed by atoms with Crippen LogP contribution in [0.15, 0.2) is 0 Å². The lowest BCUT2D eigenvalue weighted by Crippen LogP contribution is -2.52. The highest BCUT2D eigenvalue weighted by molar-refractivity contribution is 5.77. The van der Waals surface area contributed by atoms with Gasteiger partial charge in [-0.15, -0.1) is 0 Å². The number of esters is 1. The molecule has 3 heteroatoms. The molecule has 1 saturated carbocycles. The largest absolute Gasteiger partial charge is 0.469 e. The molecule has 0 saturated heterocycles. The van der Waals surface area contributed by atoms with Crippen LogP contribution >= 0.6 is 0 Å². The van der Waals surface area contributed by atoms with Crippen molar-refractivity contribution in [2.45, 2.75) is 58.5 Å². The molecule has 1 N–H and O–H groups in total. The highest BCUT2D eigenvalue weighted by Crippen LogP contribution is 2.45. The summed E-state index contributed by atoms with van der Waals surface area (Å²) < 4.78 is 4.79. The molecule has 16 heavy (non-hydrogen) atoms. The van der Waals surface area contributed by atoms with Crippen LogP contribution < -0.4 is 0 Å². The second kappa shape index (κ2) is 4.74. The molecule has 0 aromatic carbocycles. The van der Waals surface area contributed by atoms with Gasteiger partial charge in [0.1, 0.15) is 0 Å². The predicted molar refractivity (Wildman–Crippen MR) is 63.0 cm³/mol. The quantitative estimate of drug-likeness (QED) is 0.755. The molecule has 0 unspecified atom stereocenters. The molecular weight excluding hydrogens is 204 g/mol. The first-order chi connectivity index (χ1) is 7.37. The van der Waals surface area contributed by atoms with Crippen LogP contribution in [0.25, 0.3) is 0 Å². The van der Waals surface area contributed by atoms with Crippen molar-refractivity contribution in [2.24, 2.45) is 11.3 Å². The van der Waals surface area contributed by atoms with Crippen LogP contribution in [0.5, 0.6) is 0 Å². The van der Waals surface area contributed by atoms with Crippen LogP contribution in [0.3, 0.4) is 0 Å². The number of aliphatic hydroxyl groups is 1. The summed E-state index contributed by atoms with van der Waals surface area (Å²) in [6, 6.07) is 0. The van der Waals surface area contributed by atoms with Gasteiger partial charge in [0.15, 0.2) is 0 Å². The zero-order valence-electron chi connectivity index (χ0n) is 10.9. The summed E-state index contributed by atoms with van der Waals surface area (Å²) >= 11 is 0. The molecule has 0 atom stereocenters. The molecule has 1 aliphatic rings. The average Bonchev–Trinajstić information content (AvgIpc) is 2.28. The number of hydrogen-bond donors (Lipinski definition) is 1. The van der Waals surface area contributed by atoms with Crippen molar-refractivity contribution in [3.05, 3.63) is 0 Å². The Hall–Kier alpha value is -0.570. The van der Waals surface area contributed by atoms with E-state index >= 15 is 0 Å². The Balaban J connectivity index is 2.75. The Bertz CT molecular complexity index is 250. The summed E-state index contributed by atoms with van der Waals surface area (Å²) in [5, 5.41) is 10.6. The van der Waals surface area contributed by atoms with Gasteiger partial charge in [-0.2, -0.15) is 0 Å². The fourth-order valence-corrected chi connectivity index (χ4v) is 2.63. The maximum Gasteiger partial charge on any atom is 0.314 e. The Morgan fingerprint density at radius 3 is 2.31 bits per heavy atom. The van der Waals surface area contributed by atoms with E-state index in [0.29, 0.717) is 18.8 Å². The van der Waals surface area contributed by atoms with Crippen LogP contribution in [0, 0.1) is 11.3 Å². The van der Waals surface area contributed by atoms with Gasteiger partial charge < -0.3 is 9.84 Å². The topological polar surface area (TPSA) is 46.5 Å². The standard InChI is InChI=1S/C13H24O3/c1-5-10-6-8-13(15,9-7-10)12(2,3)11(14)16-4/h10,15H,5-9H2,1-4H3.